The van der Waals surface area contributed by atoms with E-state index >= 15 is 0 Å². The number of hydrogen-bond donors (Lipinski definition) is 3. The summed E-state index contributed by atoms with van der Waals surface area (Å²) in [4.78, 5) is 25.2. The lowest BCUT2D eigenvalue weighted by Crippen LogP contribution is -2.10. The number of benzene rings is 1. The van der Waals surface area contributed by atoms with E-state index < -0.39 is 0 Å². The number of aromatic nitrogens is 4. The van der Waals surface area contributed by atoms with Crippen molar-refractivity contribution in [2.45, 2.75) is 0 Å². The molecule has 6 nitrogen and oxygen atoms in total. The minimum Gasteiger partial charge on any atom is -0.369 e. The Labute approximate surface area is 120 Å². The average molecular weight is 341 g/mol. The number of nitrogens with zero attached hydrogens (tertiary/aromatic N) is 2. The van der Waals surface area contributed by atoms with Gasteiger partial charge in [0.25, 0.3) is 5.56 Å². The second-order valence-corrected chi connectivity index (χ2v) is 5.13. The molecule has 2 heterocycles. The molecule has 0 unspecified atom stereocenters. The van der Waals surface area contributed by atoms with E-state index in [4.69, 9.17) is 17.3 Å². The van der Waals surface area contributed by atoms with Crippen molar-refractivity contribution in [1.29, 1.82) is 0 Å². The number of aromatic amines is 2. The van der Waals surface area contributed by atoms with Crippen LogP contribution in [0.4, 0.5) is 5.95 Å². The molecule has 2 aromatic heterocycles. The standard InChI is InChI=1S/C11H7BrClN5O/c12-5-3-4(1-2-6(5)13)8-15-7-9(16-8)17-11(14)18-10(7)19/h1-3H,(H4,14,15,16,17,18,19). The lowest BCUT2D eigenvalue weighted by Gasteiger charge is -1.99. The van der Waals surface area contributed by atoms with Crippen LogP contribution in [0.3, 0.4) is 0 Å². The predicted octanol–water partition coefficient (Wildman–Crippen LogP) is 2.31. The molecule has 0 atom stereocenters. The minimum atomic E-state index is -0.353. The molecule has 3 aromatic rings. The summed E-state index contributed by atoms with van der Waals surface area (Å²) in [5.41, 5.74) is 6.47. The van der Waals surface area contributed by atoms with E-state index in [-0.39, 0.29) is 22.7 Å². The van der Waals surface area contributed by atoms with Gasteiger partial charge in [-0.1, -0.05) is 11.6 Å². The molecular formula is C11H7BrClN5O. The van der Waals surface area contributed by atoms with Gasteiger partial charge < -0.3 is 10.7 Å². The van der Waals surface area contributed by atoms with Crippen molar-refractivity contribution in [2.75, 3.05) is 5.73 Å². The van der Waals surface area contributed by atoms with Crippen LogP contribution in [0.1, 0.15) is 0 Å². The topological polar surface area (TPSA) is 100 Å². The first-order valence-corrected chi connectivity index (χ1v) is 6.42. The second-order valence-electron chi connectivity index (χ2n) is 3.86. The van der Waals surface area contributed by atoms with Gasteiger partial charge in [-0.15, -0.1) is 0 Å². The lowest BCUT2D eigenvalue weighted by atomic mass is 10.2. The Hall–Kier alpha value is -1.86. The molecule has 0 aliphatic rings. The molecule has 96 valence electrons. The molecule has 0 spiro atoms. The van der Waals surface area contributed by atoms with Crippen LogP contribution in [-0.4, -0.2) is 19.9 Å². The van der Waals surface area contributed by atoms with Gasteiger partial charge in [-0.3, -0.25) is 9.78 Å². The summed E-state index contributed by atoms with van der Waals surface area (Å²) in [6, 6.07) is 5.33. The van der Waals surface area contributed by atoms with Gasteiger partial charge in [-0.2, -0.15) is 4.98 Å². The number of nitrogen functional groups attached to an aromatic ring is 1. The Balaban J connectivity index is 2.23. The van der Waals surface area contributed by atoms with E-state index in [0.717, 1.165) is 10.0 Å². The molecule has 0 bridgehead atoms. The van der Waals surface area contributed by atoms with Crippen LogP contribution in [0.25, 0.3) is 22.6 Å². The molecule has 8 heteroatoms. The van der Waals surface area contributed by atoms with E-state index in [2.05, 4.69) is 35.9 Å². The number of halogens is 2. The van der Waals surface area contributed by atoms with Crippen molar-refractivity contribution in [1.82, 2.24) is 19.9 Å². The molecular weight excluding hydrogens is 334 g/mol. The van der Waals surface area contributed by atoms with Crippen molar-refractivity contribution in [3.05, 3.63) is 38.0 Å². The monoisotopic (exact) mass is 339 g/mol. The number of nitrogens with two attached hydrogens (primary N) is 1. The highest BCUT2D eigenvalue weighted by atomic mass is 79.9. The number of nitrogens with one attached hydrogen (secondary N) is 2. The van der Waals surface area contributed by atoms with E-state index in [0.29, 0.717) is 10.8 Å². The fourth-order valence-electron chi connectivity index (χ4n) is 1.70. The number of imidazole rings is 1. The first-order chi connectivity index (χ1) is 9.04. The Morgan fingerprint density at radius 1 is 1.26 bits per heavy atom. The first kappa shape index (κ1) is 12.2. The van der Waals surface area contributed by atoms with Gasteiger partial charge in [-0.25, -0.2) is 4.98 Å². The largest absolute Gasteiger partial charge is 0.369 e. The van der Waals surface area contributed by atoms with Crippen molar-refractivity contribution in [3.8, 4) is 11.4 Å². The summed E-state index contributed by atoms with van der Waals surface area (Å²) in [5, 5.41) is 0.597. The van der Waals surface area contributed by atoms with E-state index in [1.54, 1.807) is 18.2 Å². The highest BCUT2D eigenvalue weighted by molar-refractivity contribution is 9.10. The molecule has 4 N–H and O–H groups in total. The summed E-state index contributed by atoms with van der Waals surface area (Å²) >= 11 is 9.27. The summed E-state index contributed by atoms with van der Waals surface area (Å²) < 4.78 is 0.744. The zero-order valence-electron chi connectivity index (χ0n) is 9.37. The smallest absolute Gasteiger partial charge is 0.278 e. The predicted molar refractivity (Wildman–Crippen MR) is 77.1 cm³/mol. The van der Waals surface area contributed by atoms with E-state index in [1.165, 1.54) is 0 Å². The van der Waals surface area contributed by atoms with Crippen LogP contribution >= 0.6 is 27.5 Å². The summed E-state index contributed by atoms with van der Waals surface area (Å²) in [7, 11) is 0. The van der Waals surface area contributed by atoms with Gasteiger partial charge in [0.2, 0.25) is 5.95 Å². The van der Waals surface area contributed by atoms with Gasteiger partial charge >= 0.3 is 0 Å². The molecule has 0 amide bonds. The van der Waals surface area contributed by atoms with Crippen LogP contribution in [-0.2, 0) is 0 Å². The highest BCUT2D eigenvalue weighted by Gasteiger charge is 2.11. The van der Waals surface area contributed by atoms with Gasteiger partial charge in [0.15, 0.2) is 11.2 Å². The third-order valence-electron chi connectivity index (χ3n) is 2.57. The van der Waals surface area contributed by atoms with Crippen LogP contribution in [0.15, 0.2) is 27.5 Å². The van der Waals surface area contributed by atoms with Gasteiger partial charge in [-0.05, 0) is 34.1 Å². The second kappa shape index (κ2) is 4.36. The lowest BCUT2D eigenvalue weighted by molar-refractivity contribution is 1.17. The Bertz CT molecular complexity index is 841. The van der Waals surface area contributed by atoms with E-state index in [9.17, 15) is 4.79 Å². The molecule has 1 aromatic carbocycles. The third-order valence-corrected chi connectivity index (χ3v) is 3.79. The van der Waals surface area contributed by atoms with Crippen molar-refractivity contribution >= 4 is 44.6 Å². The number of anilines is 1. The molecule has 0 saturated heterocycles. The van der Waals surface area contributed by atoms with Crippen LogP contribution in [0.5, 0.6) is 0 Å². The van der Waals surface area contributed by atoms with Crippen molar-refractivity contribution in [2.24, 2.45) is 0 Å². The Kier molecular flexibility index (Phi) is 2.79. The van der Waals surface area contributed by atoms with Gasteiger partial charge in [0, 0.05) is 10.0 Å². The highest BCUT2D eigenvalue weighted by Crippen LogP contribution is 2.27. The third kappa shape index (κ3) is 2.11. The average Bonchev–Trinajstić information content (AvgIpc) is 2.76. The fourth-order valence-corrected chi connectivity index (χ4v) is 2.20. The van der Waals surface area contributed by atoms with Crippen LogP contribution in [0, 0.1) is 0 Å². The summed E-state index contributed by atoms with van der Waals surface area (Å²) in [6.45, 7) is 0. The van der Waals surface area contributed by atoms with Gasteiger partial charge in [0.1, 0.15) is 5.82 Å². The maximum absolute atomic E-state index is 11.7. The number of H-pyrrole nitrogens is 2. The quantitative estimate of drug-likeness (QED) is 0.633. The maximum Gasteiger partial charge on any atom is 0.278 e. The first-order valence-electron chi connectivity index (χ1n) is 5.25. The van der Waals surface area contributed by atoms with Gasteiger partial charge in [0.05, 0.1) is 5.02 Å². The van der Waals surface area contributed by atoms with Crippen molar-refractivity contribution < 1.29 is 0 Å². The van der Waals surface area contributed by atoms with Crippen LogP contribution < -0.4 is 11.3 Å². The molecule has 0 aliphatic carbocycles. The Morgan fingerprint density at radius 2 is 2.05 bits per heavy atom. The van der Waals surface area contributed by atoms with Crippen molar-refractivity contribution in [3.63, 3.8) is 0 Å². The molecule has 0 aliphatic heterocycles. The molecule has 3 rings (SSSR count). The Morgan fingerprint density at radius 3 is 2.79 bits per heavy atom. The zero-order valence-corrected chi connectivity index (χ0v) is 11.7. The molecule has 0 fully saturated rings. The molecule has 0 saturated carbocycles. The number of hydrogen-bond acceptors (Lipinski definition) is 4. The summed E-state index contributed by atoms with van der Waals surface area (Å²) in [5.74, 6) is 0.559. The van der Waals surface area contributed by atoms with E-state index in [1.807, 2.05) is 0 Å². The van der Waals surface area contributed by atoms with Crippen LogP contribution in [0.2, 0.25) is 5.02 Å². The normalized spacial score (nSPS) is 11.1. The zero-order chi connectivity index (χ0) is 13.6. The molecule has 19 heavy (non-hydrogen) atoms. The number of fused-ring (bicyclic) bond motifs is 1. The molecule has 0 radical (unpaired) electrons. The maximum atomic E-state index is 11.7. The minimum absolute atomic E-state index is 0.0350. The summed E-state index contributed by atoms with van der Waals surface area (Å²) in [6.07, 6.45) is 0. The fraction of sp³-hybridized carbons (Fsp3) is 0. The SMILES string of the molecule is Nc1nc2nc(-c3ccc(Cl)c(Br)c3)[nH]c2c(=O)[nH]1. The number of rotatable bonds is 1.